The van der Waals surface area contributed by atoms with E-state index >= 15 is 0 Å². The third-order valence-corrected chi connectivity index (χ3v) is 3.52. The summed E-state index contributed by atoms with van der Waals surface area (Å²) in [5.41, 5.74) is 5.66. The van der Waals surface area contributed by atoms with E-state index in [0.717, 1.165) is 9.22 Å². The molecule has 0 unspecified atom stereocenters. The second-order valence-electron chi connectivity index (χ2n) is 2.52. The van der Waals surface area contributed by atoms with E-state index in [-0.39, 0.29) is 5.97 Å². The highest BCUT2D eigenvalue weighted by Gasteiger charge is 2.05. The number of thioether (sulfide) groups is 1. The molecule has 0 saturated heterocycles. The van der Waals surface area contributed by atoms with Crippen molar-refractivity contribution in [2.45, 2.75) is 11.3 Å². The Labute approximate surface area is 96.5 Å². The lowest BCUT2D eigenvalue weighted by Crippen LogP contribution is -1.98. The second kappa shape index (κ2) is 5.77. The van der Waals surface area contributed by atoms with Crippen molar-refractivity contribution >= 4 is 41.0 Å². The van der Waals surface area contributed by atoms with Gasteiger partial charge in [0, 0.05) is 6.08 Å². The van der Waals surface area contributed by atoms with E-state index in [1.807, 2.05) is 6.26 Å². The minimum Gasteiger partial charge on any atom is -0.463 e. The molecule has 0 amide bonds. The lowest BCUT2D eigenvalue weighted by Gasteiger charge is -1.93. The molecule has 15 heavy (non-hydrogen) atoms. The lowest BCUT2D eigenvalue weighted by molar-refractivity contribution is -0.137. The summed E-state index contributed by atoms with van der Waals surface area (Å²) >= 11 is 2.98. The Kier molecular flexibility index (Phi) is 4.64. The second-order valence-corrected chi connectivity index (χ2v) is 4.60. The van der Waals surface area contributed by atoms with Crippen molar-refractivity contribution in [3.63, 3.8) is 0 Å². The van der Waals surface area contributed by atoms with E-state index in [1.165, 1.54) is 29.2 Å². The molecule has 0 aromatic carbocycles. The molecule has 0 spiro atoms. The van der Waals surface area contributed by atoms with Crippen LogP contribution in [0.2, 0.25) is 0 Å². The van der Waals surface area contributed by atoms with Crippen LogP contribution in [0.25, 0.3) is 6.08 Å². The SMILES string of the molecule is CCOC(=O)/C=C/c1sc(SC)nc1N. The van der Waals surface area contributed by atoms with E-state index in [0.29, 0.717) is 12.4 Å². The van der Waals surface area contributed by atoms with Gasteiger partial charge in [-0.25, -0.2) is 9.78 Å². The van der Waals surface area contributed by atoms with Gasteiger partial charge in [0.05, 0.1) is 11.5 Å². The molecule has 2 N–H and O–H groups in total. The highest BCUT2D eigenvalue weighted by atomic mass is 32.2. The first-order valence-corrected chi connectivity index (χ1v) is 6.36. The average Bonchev–Trinajstić information content (AvgIpc) is 2.57. The van der Waals surface area contributed by atoms with Crippen LogP contribution in [0.15, 0.2) is 10.4 Å². The molecule has 1 rings (SSSR count). The number of hydrogen-bond acceptors (Lipinski definition) is 6. The maximum absolute atomic E-state index is 11.0. The predicted octanol–water partition coefficient (Wildman–Crippen LogP) is 2.02. The van der Waals surface area contributed by atoms with Gasteiger partial charge in [0.15, 0.2) is 4.34 Å². The van der Waals surface area contributed by atoms with Crippen molar-refractivity contribution in [2.75, 3.05) is 18.6 Å². The Morgan fingerprint density at radius 3 is 3.00 bits per heavy atom. The Morgan fingerprint density at radius 2 is 2.47 bits per heavy atom. The molecule has 0 aliphatic carbocycles. The Hall–Kier alpha value is -1.01. The van der Waals surface area contributed by atoms with Crippen LogP contribution in [0.4, 0.5) is 5.82 Å². The summed E-state index contributed by atoms with van der Waals surface area (Å²) in [5.74, 6) is 0.0842. The van der Waals surface area contributed by atoms with Gasteiger partial charge in [0.2, 0.25) is 0 Å². The summed E-state index contributed by atoms with van der Waals surface area (Å²) in [4.78, 5) is 15.9. The molecule has 6 heteroatoms. The number of carbonyl (C=O) groups is 1. The van der Waals surface area contributed by atoms with Gasteiger partial charge >= 0.3 is 5.97 Å². The van der Waals surface area contributed by atoms with Crippen LogP contribution in [0.3, 0.4) is 0 Å². The highest BCUT2D eigenvalue weighted by molar-refractivity contribution is 8.00. The van der Waals surface area contributed by atoms with Crippen LogP contribution >= 0.6 is 23.1 Å². The van der Waals surface area contributed by atoms with Crippen molar-refractivity contribution < 1.29 is 9.53 Å². The quantitative estimate of drug-likeness (QED) is 0.498. The number of nitrogens with zero attached hydrogens (tertiary/aromatic N) is 1. The van der Waals surface area contributed by atoms with E-state index in [4.69, 9.17) is 10.5 Å². The van der Waals surface area contributed by atoms with Gasteiger partial charge in [-0.05, 0) is 19.3 Å². The first-order chi connectivity index (χ1) is 7.17. The van der Waals surface area contributed by atoms with E-state index in [2.05, 4.69) is 4.98 Å². The van der Waals surface area contributed by atoms with Crippen LogP contribution in [0, 0.1) is 0 Å². The first kappa shape index (κ1) is 12.1. The van der Waals surface area contributed by atoms with Crippen LogP contribution in [0.5, 0.6) is 0 Å². The van der Waals surface area contributed by atoms with Gasteiger partial charge in [-0.3, -0.25) is 0 Å². The molecule has 0 atom stereocenters. The van der Waals surface area contributed by atoms with Gasteiger partial charge in [-0.15, -0.1) is 11.3 Å². The van der Waals surface area contributed by atoms with Crippen molar-refractivity contribution in [1.82, 2.24) is 4.98 Å². The van der Waals surface area contributed by atoms with Gasteiger partial charge < -0.3 is 10.5 Å². The van der Waals surface area contributed by atoms with E-state index in [9.17, 15) is 4.79 Å². The minimum absolute atomic E-state index is 0.365. The number of nitrogens with two attached hydrogens (primary N) is 1. The number of ether oxygens (including phenoxy) is 1. The fourth-order valence-electron chi connectivity index (χ4n) is 0.863. The van der Waals surface area contributed by atoms with Crippen molar-refractivity contribution in [3.05, 3.63) is 11.0 Å². The number of carbonyl (C=O) groups excluding carboxylic acids is 1. The van der Waals surface area contributed by atoms with Crippen LogP contribution in [0.1, 0.15) is 11.8 Å². The first-order valence-electron chi connectivity index (χ1n) is 4.32. The minimum atomic E-state index is -0.365. The number of aromatic nitrogens is 1. The number of anilines is 1. The Balaban J connectivity index is 2.71. The molecular formula is C9H12N2O2S2. The monoisotopic (exact) mass is 244 g/mol. The molecule has 0 fully saturated rings. The lowest BCUT2D eigenvalue weighted by atomic mass is 10.4. The van der Waals surface area contributed by atoms with Crippen LogP contribution in [-0.2, 0) is 9.53 Å². The number of esters is 1. The largest absolute Gasteiger partial charge is 0.463 e. The van der Waals surface area contributed by atoms with Gasteiger partial charge in [0.1, 0.15) is 5.82 Å². The topological polar surface area (TPSA) is 65.2 Å². The zero-order chi connectivity index (χ0) is 11.3. The number of hydrogen-bond donors (Lipinski definition) is 1. The molecule has 0 radical (unpaired) electrons. The molecule has 0 bridgehead atoms. The molecule has 1 aromatic rings. The summed E-state index contributed by atoms with van der Waals surface area (Å²) in [5, 5.41) is 0. The third kappa shape index (κ3) is 3.56. The normalized spacial score (nSPS) is 10.8. The molecule has 1 heterocycles. The van der Waals surface area contributed by atoms with E-state index in [1.54, 1.807) is 13.0 Å². The van der Waals surface area contributed by atoms with Crippen molar-refractivity contribution in [1.29, 1.82) is 0 Å². The zero-order valence-corrected chi connectivity index (χ0v) is 10.2. The molecule has 0 saturated carbocycles. The molecule has 1 aromatic heterocycles. The highest BCUT2D eigenvalue weighted by Crippen LogP contribution is 2.28. The van der Waals surface area contributed by atoms with Crippen LogP contribution < -0.4 is 5.73 Å². The summed E-state index contributed by atoms with van der Waals surface area (Å²) in [6, 6.07) is 0. The van der Waals surface area contributed by atoms with Crippen molar-refractivity contribution in [2.24, 2.45) is 0 Å². The summed E-state index contributed by atoms with van der Waals surface area (Å²) < 4.78 is 5.63. The Morgan fingerprint density at radius 1 is 1.73 bits per heavy atom. The number of rotatable bonds is 4. The number of thiazole rings is 1. The maximum atomic E-state index is 11.0. The van der Waals surface area contributed by atoms with Crippen molar-refractivity contribution in [3.8, 4) is 0 Å². The molecule has 82 valence electrons. The standard InChI is InChI=1S/C9H12N2O2S2/c1-3-13-7(12)5-4-6-8(10)11-9(14-2)15-6/h4-5H,3,10H2,1-2H3/b5-4+. The summed E-state index contributed by atoms with van der Waals surface area (Å²) in [6.07, 6.45) is 4.92. The summed E-state index contributed by atoms with van der Waals surface area (Å²) in [7, 11) is 0. The van der Waals surface area contributed by atoms with Crippen LogP contribution in [-0.4, -0.2) is 23.8 Å². The molecule has 0 aliphatic rings. The smallest absolute Gasteiger partial charge is 0.330 e. The maximum Gasteiger partial charge on any atom is 0.330 e. The molecular weight excluding hydrogens is 232 g/mol. The van der Waals surface area contributed by atoms with Gasteiger partial charge in [0.25, 0.3) is 0 Å². The average molecular weight is 244 g/mol. The molecule has 4 nitrogen and oxygen atoms in total. The zero-order valence-electron chi connectivity index (χ0n) is 8.52. The predicted molar refractivity (Wildman–Crippen MR) is 64.0 cm³/mol. The fraction of sp³-hybridized carbons (Fsp3) is 0.333. The molecule has 0 aliphatic heterocycles. The Bertz CT molecular complexity index is 374. The van der Waals surface area contributed by atoms with E-state index < -0.39 is 0 Å². The third-order valence-electron chi connectivity index (χ3n) is 1.49. The fourth-order valence-corrected chi connectivity index (χ4v) is 2.27. The number of nitrogen functional groups attached to an aromatic ring is 1. The van der Waals surface area contributed by atoms with Gasteiger partial charge in [-0.2, -0.15) is 0 Å². The van der Waals surface area contributed by atoms with Gasteiger partial charge in [-0.1, -0.05) is 11.8 Å². The summed E-state index contributed by atoms with van der Waals surface area (Å²) in [6.45, 7) is 2.13.